The number of hydrogen-bond donors (Lipinski definition) is 0. The number of hydrogen-bond acceptors (Lipinski definition) is 2. The average Bonchev–Trinajstić information content (AvgIpc) is 2.47. The molecule has 106 valence electrons. The molecule has 1 aliphatic rings. The SMILES string of the molecule is CCCCC(C(C)CC)C1OCc2ccccc2O1. The molecule has 0 saturated carbocycles. The first kappa shape index (κ1) is 14.4. The fourth-order valence-corrected chi connectivity index (χ4v) is 2.71. The van der Waals surface area contributed by atoms with Gasteiger partial charge in [0.2, 0.25) is 6.29 Å². The summed E-state index contributed by atoms with van der Waals surface area (Å²) >= 11 is 0. The van der Waals surface area contributed by atoms with Crippen LogP contribution < -0.4 is 4.74 Å². The highest BCUT2D eigenvalue weighted by Gasteiger charge is 2.31. The topological polar surface area (TPSA) is 18.5 Å². The number of fused-ring (bicyclic) bond motifs is 1. The van der Waals surface area contributed by atoms with Crippen LogP contribution in [0, 0.1) is 11.8 Å². The fourth-order valence-electron chi connectivity index (χ4n) is 2.71. The van der Waals surface area contributed by atoms with Crippen molar-refractivity contribution in [3.8, 4) is 5.75 Å². The molecule has 2 rings (SSSR count). The van der Waals surface area contributed by atoms with Gasteiger partial charge in [0.05, 0.1) is 6.61 Å². The molecule has 0 radical (unpaired) electrons. The summed E-state index contributed by atoms with van der Waals surface area (Å²) in [5.74, 6) is 2.14. The molecule has 0 bridgehead atoms. The third-order valence-corrected chi connectivity index (χ3v) is 4.23. The smallest absolute Gasteiger partial charge is 0.203 e. The van der Waals surface area contributed by atoms with Gasteiger partial charge in [-0.3, -0.25) is 0 Å². The second-order valence-electron chi connectivity index (χ2n) is 5.60. The van der Waals surface area contributed by atoms with Crippen molar-refractivity contribution in [3.05, 3.63) is 29.8 Å². The highest BCUT2D eigenvalue weighted by molar-refractivity contribution is 5.33. The maximum Gasteiger partial charge on any atom is 0.203 e. The summed E-state index contributed by atoms with van der Waals surface area (Å²) in [6.07, 6.45) is 4.78. The van der Waals surface area contributed by atoms with Crippen LogP contribution >= 0.6 is 0 Å². The largest absolute Gasteiger partial charge is 0.464 e. The van der Waals surface area contributed by atoms with Gasteiger partial charge in [-0.15, -0.1) is 0 Å². The number of para-hydroxylation sites is 1. The van der Waals surface area contributed by atoms with Gasteiger partial charge >= 0.3 is 0 Å². The highest BCUT2D eigenvalue weighted by Crippen LogP contribution is 2.33. The van der Waals surface area contributed by atoms with Crippen LogP contribution in [0.15, 0.2) is 24.3 Å². The fraction of sp³-hybridized carbons (Fsp3) is 0.647. The molecule has 1 aromatic carbocycles. The van der Waals surface area contributed by atoms with Crippen molar-refractivity contribution >= 4 is 0 Å². The zero-order chi connectivity index (χ0) is 13.7. The molecule has 1 heterocycles. The van der Waals surface area contributed by atoms with E-state index in [1.165, 1.54) is 25.7 Å². The van der Waals surface area contributed by atoms with E-state index in [0.717, 1.165) is 11.3 Å². The molecule has 0 spiro atoms. The molecule has 0 aliphatic carbocycles. The summed E-state index contributed by atoms with van der Waals surface area (Å²) in [5.41, 5.74) is 1.16. The first-order valence-electron chi connectivity index (χ1n) is 7.62. The van der Waals surface area contributed by atoms with E-state index in [-0.39, 0.29) is 6.29 Å². The van der Waals surface area contributed by atoms with Crippen molar-refractivity contribution < 1.29 is 9.47 Å². The Morgan fingerprint density at radius 3 is 2.79 bits per heavy atom. The van der Waals surface area contributed by atoms with Gasteiger partial charge in [0.25, 0.3) is 0 Å². The summed E-state index contributed by atoms with van der Waals surface area (Å²) in [6, 6.07) is 8.20. The highest BCUT2D eigenvalue weighted by atomic mass is 16.7. The van der Waals surface area contributed by atoms with Gasteiger partial charge in [-0.2, -0.15) is 0 Å². The summed E-state index contributed by atoms with van der Waals surface area (Å²) < 4.78 is 12.1. The van der Waals surface area contributed by atoms with Gasteiger partial charge in [0.15, 0.2) is 0 Å². The van der Waals surface area contributed by atoms with Crippen LogP contribution in [0.3, 0.4) is 0 Å². The molecule has 19 heavy (non-hydrogen) atoms. The van der Waals surface area contributed by atoms with Gasteiger partial charge < -0.3 is 9.47 Å². The minimum absolute atomic E-state index is 0.0728. The van der Waals surface area contributed by atoms with E-state index in [4.69, 9.17) is 9.47 Å². The molecule has 0 fully saturated rings. The minimum Gasteiger partial charge on any atom is -0.464 e. The van der Waals surface area contributed by atoms with E-state index in [9.17, 15) is 0 Å². The lowest BCUT2D eigenvalue weighted by Gasteiger charge is -2.35. The molecule has 0 N–H and O–H groups in total. The van der Waals surface area contributed by atoms with E-state index < -0.39 is 0 Å². The Labute approximate surface area is 117 Å². The number of ether oxygens (including phenoxy) is 2. The summed E-state index contributed by atoms with van der Waals surface area (Å²) in [6.45, 7) is 7.49. The quantitative estimate of drug-likeness (QED) is 0.735. The van der Waals surface area contributed by atoms with Crippen LogP contribution in [-0.2, 0) is 11.3 Å². The molecule has 0 aromatic heterocycles. The normalized spacial score (nSPS) is 21.3. The molecule has 3 atom stereocenters. The van der Waals surface area contributed by atoms with Gasteiger partial charge in [-0.1, -0.05) is 58.2 Å². The second kappa shape index (κ2) is 6.95. The zero-order valence-corrected chi connectivity index (χ0v) is 12.4. The van der Waals surface area contributed by atoms with E-state index in [2.05, 4.69) is 32.9 Å². The van der Waals surface area contributed by atoms with Crippen LogP contribution in [0.25, 0.3) is 0 Å². The van der Waals surface area contributed by atoms with E-state index in [1.54, 1.807) is 0 Å². The molecule has 0 amide bonds. The Morgan fingerprint density at radius 2 is 2.05 bits per heavy atom. The third-order valence-electron chi connectivity index (χ3n) is 4.23. The lowest BCUT2D eigenvalue weighted by atomic mass is 9.86. The lowest BCUT2D eigenvalue weighted by Crippen LogP contribution is -2.36. The second-order valence-corrected chi connectivity index (χ2v) is 5.60. The Balaban J connectivity index is 2.07. The molecular formula is C17H26O2. The zero-order valence-electron chi connectivity index (χ0n) is 12.4. The standard InChI is InChI=1S/C17H26O2/c1-4-6-10-15(13(3)5-2)17-18-12-14-9-7-8-11-16(14)19-17/h7-9,11,13,15,17H,4-6,10,12H2,1-3H3. The molecule has 3 unspecified atom stereocenters. The van der Waals surface area contributed by atoms with Crippen LogP contribution in [-0.4, -0.2) is 6.29 Å². The van der Waals surface area contributed by atoms with Crippen molar-refractivity contribution in [2.24, 2.45) is 11.8 Å². The van der Waals surface area contributed by atoms with Crippen molar-refractivity contribution in [1.29, 1.82) is 0 Å². The van der Waals surface area contributed by atoms with Crippen molar-refractivity contribution in [1.82, 2.24) is 0 Å². The van der Waals surface area contributed by atoms with E-state index >= 15 is 0 Å². The average molecular weight is 262 g/mol. The predicted octanol–water partition coefficient (Wildman–Crippen LogP) is 4.77. The van der Waals surface area contributed by atoms with E-state index in [0.29, 0.717) is 18.4 Å². The Kier molecular flexibility index (Phi) is 5.26. The van der Waals surface area contributed by atoms with Crippen LogP contribution in [0.4, 0.5) is 0 Å². The third kappa shape index (κ3) is 3.50. The summed E-state index contributed by atoms with van der Waals surface area (Å²) in [5, 5.41) is 0. The molecule has 2 nitrogen and oxygen atoms in total. The number of benzene rings is 1. The Bertz CT molecular complexity index is 389. The van der Waals surface area contributed by atoms with E-state index in [1.807, 2.05) is 12.1 Å². The maximum absolute atomic E-state index is 6.09. The number of rotatable bonds is 6. The summed E-state index contributed by atoms with van der Waals surface area (Å²) in [4.78, 5) is 0. The number of unbranched alkanes of at least 4 members (excludes halogenated alkanes) is 1. The van der Waals surface area contributed by atoms with Gasteiger partial charge in [-0.25, -0.2) is 0 Å². The molecule has 0 saturated heterocycles. The summed E-state index contributed by atoms with van der Waals surface area (Å²) in [7, 11) is 0. The van der Waals surface area contributed by atoms with Crippen molar-refractivity contribution in [3.63, 3.8) is 0 Å². The lowest BCUT2D eigenvalue weighted by molar-refractivity contribution is -0.152. The first-order chi connectivity index (χ1) is 9.26. The monoisotopic (exact) mass is 262 g/mol. The molecule has 1 aliphatic heterocycles. The molecule has 1 aromatic rings. The predicted molar refractivity (Wildman–Crippen MR) is 78.1 cm³/mol. The maximum atomic E-state index is 6.09. The Morgan fingerprint density at radius 1 is 1.26 bits per heavy atom. The van der Waals surface area contributed by atoms with Crippen molar-refractivity contribution in [2.45, 2.75) is 59.4 Å². The van der Waals surface area contributed by atoms with Crippen LogP contribution in [0.5, 0.6) is 5.75 Å². The van der Waals surface area contributed by atoms with Gasteiger partial charge in [-0.05, 0) is 18.4 Å². The van der Waals surface area contributed by atoms with Crippen molar-refractivity contribution in [2.75, 3.05) is 0 Å². The van der Waals surface area contributed by atoms with Gasteiger partial charge in [0.1, 0.15) is 5.75 Å². The minimum atomic E-state index is -0.0728. The first-order valence-corrected chi connectivity index (χ1v) is 7.62. The van der Waals surface area contributed by atoms with Crippen LogP contribution in [0.2, 0.25) is 0 Å². The molecule has 2 heteroatoms. The Hall–Kier alpha value is -1.02. The van der Waals surface area contributed by atoms with Crippen LogP contribution in [0.1, 0.15) is 52.0 Å². The molecular weight excluding hydrogens is 236 g/mol. The van der Waals surface area contributed by atoms with Gasteiger partial charge in [0, 0.05) is 11.5 Å².